The molecule has 5 nitrogen and oxygen atoms in total. The molecule has 0 spiro atoms. The maximum Gasteiger partial charge on any atom is 0.243 e. The molecule has 0 saturated carbocycles. The Balaban J connectivity index is 2.44. The number of aryl methyl sites for hydroxylation is 2. The molecule has 6 heteroatoms. The number of nitrogens with two attached hydrogens (primary N) is 1. The van der Waals surface area contributed by atoms with Crippen molar-refractivity contribution in [1.29, 1.82) is 0 Å². The largest absolute Gasteiger partial charge is 0.379 e. The van der Waals surface area contributed by atoms with Gasteiger partial charge in [0, 0.05) is 19.6 Å². The molecule has 2 rings (SSSR count). The van der Waals surface area contributed by atoms with Crippen LogP contribution in [0.3, 0.4) is 0 Å². The van der Waals surface area contributed by atoms with Crippen molar-refractivity contribution in [2.45, 2.75) is 25.3 Å². The van der Waals surface area contributed by atoms with Crippen LogP contribution < -0.4 is 5.73 Å². The number of hydrogen-bond donors (Lipinski definition) is 1. The van der Waals surface area contributed by atoms with E-state index in [4.69, 9.17) is 10.5 Å². The van der Waals surface area contributed by atoms with Gasteiger partial charge in [0.05, 0.1) is 18.1 Å². The van der Waals surface area contributed by atoms with Gasteiger partial charge in [0.2, 0.25) is 10.0 Å². The Bertz CT molecular complexity index is 563. The standard InChI is InChI=1S/C13H20N2O3S/c1-10-7-11(2)13(8-12(10)9-14)19(16,17)15-3-5-18-6-4-15/h7-8H,3-6,9,14H2,1-2H3. The second-order valence-electron chi connectivity index (χ2n) is 4.76. The van der Waals surface area contributed by atoms with Crippen LogP contribution >= 0.6 is 0 Å². The third-order valence-corrected chi connectivity index (χ3v) is 5.48. The zero-order chi connectivity index (χ0) is 14.0. The predicted octanol–water partition coefficient (Wildman–Crippen LogP) is 0.783. The van der Waals surface area contributed by atoms with Crippen molar-refractivity contribution < 1.29 is 13.2 Å². The molecule has 1 aliphatic heterocycles. The number of sulfonamides is 1. The van der Waals surface area contributed by atoms with E-state index in [9.17, 15) is 8.42 Å². The van der Waals surface area contributed by atoms with Gasteiger partial charge in [0.25, 0.3) is 0 Å². The summed E-state index contributed by atoms with van der Waals surface area (Å²) in [6, 6.07) is 3.59. The van der Waals surface area contributed by atoms with Gasteiger partial charge in [0.1, 0.15) is 0 Å². The van der Waals surface area contributed by atoms with Gasteiger partial charge in [0.15, 0.2) is 0 Å². The van der Waals surface area contributed by atoms with E-state index < -0.39 is 10.0 Å². The molecule has 0 aliphatic carbocycles. The number of hydrogen-bond acceptors (Lipinski definition) is 4. The highest BCUT2D eigenvalue weighted by atomic mass is 32.2. The molecule has 0 radical (unpaired) electrons. The van der Waals surface area contributed by atoms with Crippen LogP contribution in [0, 0.1) is 13.8 Å². The van der Waals surface area contributed by atoms with Crippen molar-refractivity contribution in [3.05, 3.63) is 28.8 Å². The van der Waals surface area contributed by atoms with Crippen molar-refractivity contribution in [1.82, 2.24) is 4.31 Å². The molecular weight excluding hydrogens is 264 g/mol. The van der Waals surface area contributed by atoms with Crippen LogP contribution in [-0.2, 0) is 21.3 Å². The quantitative estimate of drug-likeness (QED) is 0.890. The van der Waals surface area contributed by atoms with Crippen molar-refractivity contribution in [3.8, 4) is 0 Å². The molecular formula is C13H20N2O3S. The second-order valence-corrected chi connectivity index (χ2v) is 6.67. The fourth-order valence-corrected chi connectivity index (χ4v) is 3.96. The topological polar surface area (TPSA) is 72.6 Å². The summed E-state index contributed by atoms with van der Waals surface area (Å²) in [6.45, 7) is 5.84. The zero-order valence-electron chi connectivity index (χ0n) is 11.3. The highest BCUT2D eigenvalue weighted by molar-refractivity contribution is 7.89. The Morgan fingerprint density at radius 3 is 2.42 bits per heavy atom. The van der Waals surface area contributed by atoms with Gasteiger partial charge < -0.3 is 10.5 Å². The van der Waals surface area contributed by atoms with Gasteiger partial charge in [-0.1, -0.05) is 6.07 Å². The Hall–Kier alpha value is -0.950. The van der Waals surface area contributed by atoms with E-state index in [-0.39, 0.29) is 0 Å². The minimum atomic E-state index is -3.44. The van der Waals surface area contributed by atoms with Crippen LogP contribution in [0.25, 0.3) is 0 Å². The first-order valence-electron chi connectivity index (χ1n) is 6.35. The normalized spacial score (nSPS) is 17.6. The van der Waals surface area contributed by atoms with Crippen molar-refractivity contribution in [2.75, 3.05) is 26.3 Å². The van der Waals surface area contributed by atoms with Crippen LogP contribution in [0.15, 0.2) is 17.0 Å². The zero-order valence-corrected chi connectivity index (χ0v) is 12.2. The van der Waals surface area contributed by atoms with Gasteiger partial charge in [-0.15, -0.1) is 0 Å². The van der Waals surface area contributed by atoms with E-state index in [0.29, 0.717) is 37.7 Å². The maximum atomic E-state index is 12.6. The summed E-state index contributed by atoms with van der Waals surface area (Å²) in [5.41, 5.74) is 8.33. The molecule has 0 aromatic heterocycles. The SMILES string of the molecule is Cc1cc(C)c(S(=O)(=O)N2CCOCC2)cc1CN. The summed E-state index contributed by atoms with van der Waals surface area (Å²) in [5.74, 6) is 0. The monoisotopic (exact) mass is 284 g/mol. The lowest BCUT2D eigenvalue weighted by Gasteiger charge is -2.27. The molecule has 0 unspecified atom stereocenters. The maximum absolute atomic E-state index is 12.6. The Labute approximate surface area is 114 Å². The van der Waals surface area contributed by atoms with E-state index in [2.05, 4.69) is 0 Å². The van der Waals surface area contributed by atoms with Gasteiger partial charge in [-0.3, -0.25) is 0 Å². The Morgan fingerprint density at radius 1 is 1.21 bits per heavy atom. The fourth-order valence-electron chi connectivity index (χ4n) is 2.30. The number of benzene rings is 1. The molecule has 1 aromatic rings. The first-order valence-corrected chi connectivity index (χ1v) is 7.79. The lowest BCUT2D eigenvalue weighted by molar-refractivity contribution is 0.0730. The molecule has 0 amide bonds. The molecule has 1 fully saturated rings. The van der Waals surface area contributed by atoms with E-state index in [1.807, 2.05) is 19.9 Å². The number of morpholine rings is 1. The average molecular weight is 284 g/mol. The van der Waals surface area contributed by atoms with Crippen LogP contribution in [0.4, 0.5) is 0 Å². The molecule has 106 valence electrons. The number of nitrogens with zero attached hydrogens (tertiary/aromatic N) is 1. The fraction of sp³-hybridized carbons (Fsp3) is 0.538. The first kappa shape index (κ1) is 14.5. The van der Waals surface area contributed by atoms with Crippen molar-refractivity contribution >= 4 is 10.0 Å². The third kappa shape index (κ3) is 2.81. The summed E-state index contributed by atoms with van der Waals surface area (Å²) < 4.78 is 31.9. The Morgan fingerprint density at radius 2 is 1.84 bits per heavy atom. The molecule has 1 aromatic carbocycles. The predicted molar refractivity (Wildman–Crippen MR) is 73.4 cm³/mol. The summed E-state index contributed by atoms with van der Waals surface area (Å²) >= 11 is 0. The molecule has 1 heterocycles. The minimum Gasteiger partial charge on any atom is -0.379 e. The molecule has 1 aliphatic rings. The van der Waals surface area contributed by atoms with Crippen LogP contribution in [0.5, 0.6) is 0 Å². The van der Waals surface area contributed by atoms with E-state index in [0.717, 1.165) is 16.7 Å². The van der Waals surface area contributed by atoms with Crippen LogP contribution in [0.2, 0.25) is 0 Å². The van der Waals surface area contributed by atoms with Gasteiger partial charge in [-0.2, -0.15) is 4.31 Å². The van der Waals surface area contributed by atoms with Crippen LogP contribution in [-0.4, -0.2) is 39.0 Å². The van der Waals surface area contributed by atoms with Crippen molar-refractivity contribution in [2.24, 2.45) is 5.73 Å². The lowest BCUT2D eigenvalue weighted by atomic mass is 10.1. The molecule has 0 atom stereocenters. The third-order valence-electron chi connectivity index (χ3n) is 3.44. The summed E-state index contributed by atoms with van der Waals surface area (Å²) in [6.07, 6.45) is 0. The highest BCUT2D eigenvalue weighted by Gasteiger charge is 2.28. The van der Waals surface area contributed by atoms with Gasteiger partial charge in [-0.05, 0) is 36.6 Å². The highest BCUT2D eigenvalue weighted by Crippen LogP contribution is 2.24. The molecule has 19 heavy (non-hydrogen) atoms. The van der Waals surface area contributed by atoms with Crippen molar-refractivity contribution in [3.63, 3.8) is 0 Å². The number of ether oxygens (including phenoxy) is 1. The second kappa shape index (κ2) is 5.58. The number of rotatable bonds is 3. The average Bonchev–Trinajstić information content (AvgIpc) is 2.39. The summed E-state index contributed by atoms with van der Waals surface area (Å²) in [5, 5.41) is 0. The summed E-state index contributed by atoms with van der Waals surface area (Å²) in [4.78, 5) is 0.362. The first-order chi connectivity index (χ1) is 8.96. The van der Waals surface area contributed by atoms with E-state index in [1.165, 1.54) is 4.31 Å². The van der Waals surface area contributed by atoms with Gasteiger partial charge in [-0.25, -0.2) is 8.42 Å². The van der Waals surface area contributed by atoms with Crippen LogP contribution in [0.1, 0.15) is 16.7 Å². The summed E-state index contributed by atoms with van der Waals surface area (Å²) in [7, 11) is -3.44. The molecule has 1 saturated heterocycles. The smallest absolute Gasteiger partial charge is 0.243 e. The molecule has 0 bridgehead atoms. The Kier molecular flexibility index (Phi) is 4.25. The minimum absolute atomic E-state index is 0.345. The van der Waals surface area contributed by atoms with Gasteiger partial charge >= 0.3 is 0 Å². The molecule has 2 N–H and O–H groups in total. The van der Waals surface area contributed by atoms with E-state index in [1.54, 1.807) is 6.07 Å². The lowest BCUT2D eigenvalue weighted by Crippen LogP contribution is -2.40. The van der Waals surface area contributed by atoms with E-state index >= 15 is 0 Å².